The number of likely N-dealkylation sites (tertiary alicyclic amines) is 1. The van der Waals surface area contributed by atoms with Gasteiger partial charge in [-0.25, -0.2) is 5.43 Å². The van der Waals surface area contributed by atoms with E-state index in [4.69, 9.17) is 0 Å². The lowest BCUT2D eigenvalue weighted by molar-refractivity contribution is -0.124. The first-order chi connectivity index (χ1) is 13.5. The molecule has 0 saturated carbocycles. The minimum absolute atomic E-state index is 0.0316. The number of fused-ring (bicyclic) bond motifs is 1. The van der Waals surface area contributed by atoms with Crippen molar-refractivity contribution in [3.05, 3.63) is 65.0 Å². The quantitative estimate of drug-likeness (QED) is 0.754. The molecule has 2 aliphatic heterocycles. The lowest BCUT2D eigenvalue weighted by atomic mass is 9.87. The number of hydrogen-bond acceptors (Lipinski definition) is 5. The number of rotatable bonds is 4. The molecule has 1 aromatic carbocycles. The number of amides is 1. The predicted molar refractivity (Wildman–Crippen MR) is 110 cm³/mol. The first-order valence-corrected chi connectivity index (χ1v) is 10.00. The maximum Gasteiger partial charge on any atom is 0.239 e. The molecular weight excluding hydrogens is 350 g/mol. The number of piperidine rings is 1. The largest absolute Gasteiger partial charge is 0.344 e. The molecule has 0 spiro atoms. The van der Waals surface area contributed by atoms with Crippen LogP contribution in [-0.2, 0) is 4.79 Å². The molecule has 3 N–H and O–H groups in total. The molecule has 28 heavy (non-hydrogen) atoms. The minimum Gasteiger partial charge on any atom is -0.344 e. The van der Waals surface area contributed by atoms with Gasteiger partial charge in [0.25, 0.3) is 0 Å². The second kappa shape index (κ2) is 7.99. The zero-order valence-corrected chi connectivity index (χ0v) is 16.8. The van der Waals surface area contributed by atoms with Crippen LogP contribution in [0.1, 0.15) is 34.7 Å². The van der Waals surface area contributed by atoms with E-state index < -0.39 is 0 Å². The third-order valence-corrected chi connectivity index (χ3v) is 6.04. The second-order valence-electron chi connectivity index (χ2n) is 8.18. The van der Waals surface area contributed by atoms with Crippen molar-refractivity contribution in [3.8, 4) is 0 Å². The van der Waals surface area contributed by atoms with Gasteiger partial charge in [0, 0.05) is 30.9 Å². The van der Waals surface area contributed by atoms with E-state index in [9.17, 15) is 4.79 Å². The smallest absolute Gasteiger partial charge is 0.239 e. The van der Waals surface area contributed by atoms with Gasteiger partial charge in [-0.15, -0.1) is 0 Å². The van der Waals surface area contributed by atoms with E-state index in [2.05, 4.69) is 65.1 Å². The molecule has 0 bridgehead atoms. The number of nitrogens with one attached hydrogen (secondary N) is 3. The Bertz CT molecular complexity index is 840. The Hall–Kier alpha value is -2.28. The van der Waals surface area contributed by atoms with Gasteiger partial charge in [0.2, 0.25) is 5.91 Å². The van der Waals surface area contributed by atoms with E-state index in [1.54, 1.807) is 6.20 Å². The molecule has 0 radical (unpaired) electrons. The molecular formula is C22H29N5O. The standard InChI is InChI=1S/C22H29N5O/c1-14-6-7-17(15(2)11-14)20(16-5-4-9-23-12-16)24-22(28)21-18-13-27(3)10-8-19(18)25-26-21/h4-7,9,11-12,18-21,25-26H,8,10,13H2,1-3H3,(H,24,28). The maximum atomic E-state index is 13.3. The lowest BCUT2D eigenvalue weighted by Crippen LogP contribution is -2.50. The summed E-state index contributed by atoms with van der Waals surface area (Å²) in [5.74, 6) is 0.302. The van der Waals surface area contributed by atoms with E-state index in [0.717, 1.165) is 30.6 Å². The average Bonchev–Trinajstić information content (AvgIpc) is 3.10. The van der Waals surface area contributed by atoms with Gasteiger partial charge < -0.3 is 10.2 Å². The zero-order chi connectivity index (χ0) is 19.7. The van der Waals surface area contributed by atoms with Gasteiger partial charge in [0.1, 0.15) is 6.04 Å². The van der Waals surface area contributed by atoms with Crippen LogP contribution < -0.4 is 16.2 Å². The maximum absolute atomic E-state index is 13.3. The molecule has 1 aromatic heterocycles. The normalized spacial score (nSPS) is 25.9. The van der Waals surface area contributed by atoms with Gasteiger partial charge in [-0.05, 0) is 56.6 Å². The molecule has 2 saturated heterocycles. The topological polar surface area (TPSA) is 69.3 Å². The van der Waals surface area contributed by atoms with Crippen LogP contribution in [0.3, 0.4) is 0 Å². The number of nitrogens with zero attached hydrogens (tertiary/aromatic N) is 2. The highest BCUT2D eigenvalue weighted by Gasteiger charge is 2.43. The minimum atomic E-state index is -0.238. The summed E-state index contributed by atoms with van der Waals surface area (Å²) >= 11 is 0. The number of carbonyl (C=O) groups is 1. The molecule has 1 amide bonds. The molecule has 3 heterocycles. The highest BCUT2D eigenvalue weighted by atomic mass is 16.2. The van der Waals surface area contributed by atoms with Crippen molar-refractivity contribution in [2.75, 3.05) is 20.1 Å². The van der Waals surface area contributed by atoms with Crippen molar-refractivity contribution >= 4 is 5.91 Å². The Morgan fingerprint density at radius 2 is 2.14 bits per heavy atom. The van der Waals surface area contributed by atoms with Crippen LogP contribution in [-0.4, -0.2) is 48.0 Å². The van der Waals surface area contributed by atoms with Crippen molar-refractivity contribution in [2.45, 2.75) is 38.4 Å². The Morgan fingerprint density at radius 1 is 1.29 bits per heavy atom. The van der Waals surface area contributed by atoms with Crippen LogP contribution in [0.4, 0.5) is 0 Å². The zero-order valence-electron chi connectivity index (χ0n) is 16.8. The number of pyridine rings is 1. The van der Waals surface area contributed by atoms with Gasteiger partial charge in [-0.2, -0.15) is 0 Å². The summed E-state index contributed by atoms with van der Waals surface area (Å²) in [5.41, 5.74) is 11.1. The summed E-state index contributed by atoms with van der Waals surface area (Å²) in [6.07, 6.45) is 4.65. The number of aryl methyl sites for hydroxylation is 2. The highest BCUT2D eigenvalue weighted by molar-refractivity contribution is 5.83. The Balaban J connectivity index is 1.60. The van der Waals surface area contributed by atoms with Crippen LogP contribution in [0.25, 0.3) is 0 Å². The molecule has 4 rings (SSSR count). The fourth-order valence-electron chi connectivity index (χ4n) is 4.50. The van der Waals surface area contributed by atoms with Crippen molar-refractivity contribution < 1.29 is 4.79 Å². The molecule has 0 aliphatic carbocycles. The van der Waals surface area contributed by atoms with Gasteiger partial charge in [-0.1, -0.05) is 29.8 Å². The summed E-state index contributed by atoms with van der Waals surface area (Å²) in [4.78, 5) is 19.9. The first-order valence-electron chi connectivity index (χ1n) is 10.00. The number of carbonyl (C=O) groups excluding carboxylic acids is 1. The Labute approximate surface area is 166 Å². The Kier molecular flexibility index (Phi) is 5.44. The van der Waals surface area contributed by atoms with Crippen LogP contribution >= 0.6 is 0 Å². The summed E-state index contributed by atoms with van der Waals surface area (Å²) in [6.45, 7) is 6.16. The van der Waals surface area contributed by atoms with Gasteiger partial charge >= 0.3 is 0 Å². The fourth-order valence-corrected chi connectivity index (χ4v) is 4.50. The van der Waals surface area contributed by atoms with Crippen LogP contribution in [0.2, 0.25) is 0 Å². The van der Waals surface area contributed by atoms with Crippen molar-refractivity contribution in [1.82, 2.24) is 26.1 Å². The molecule has 148 valence electrons. The summed E-state index contributed by atoms with van der Waals surface area (Å²) < 4.78 is 0. The van der Waals surface area contributed by atoms with Crippen LogP contribution in [0.5, 0.6) is 0 Å². The van der Waals surface area contributed by atoms with Crippen molar-refractivity contribution in [3.63, 3.8) is 0 Å². The third kappa shape index (κ3) is 3.81. The van der Waals surface area contributed by atoms with Gasteiger partial charge in [0.05, 0.1) is 6.04 Å². The number of hydrogen-bond donors (Lipinski definition) is 3. The molecule has 2 aromatic rings. The van der Waals surface area contributed by atoms with Crippen LogP contribution in [0.15, 0.2) is 42.7 Å². The fraction of sp³-hybridized carbons (Fsp3) is 0.455. The SMILES string of the molecule is Cc1ccc(C(NC(=O)C2NNC3CCN(C)CC32)c2cccnc2)c(C)c1. The molecule has 4 unspecified atom stereocenters. The van der Waals surface area contributed by atoms with E-state index in [0.29, 0.717) is 6.04 Å². The second-order valence-corrected chi connectivity index (χ2v) is 8.18. The monoisotopic (exact) mass is 379 g/mol. The van der Waals surface area contributed by atoms with Crippen LogP contribution in [0, 0.1) is 19.8 Å². The highest BCUT2D eigenvalue weighted by Crippen LogP contribution is 2.28. The summed E-state index contributed by atoms with van der Waals surface area (Å²) in [5, 5.41) is 3.30. The third-order valence-electron chi connectivity index (χ3n) is 6.04. The summed E-state index contributed by atoms with van der Waals surface area (Å²) in [7, 11) is 2.12. The van der Waals surface area contributed by atoms with E-state index in [1.807, 2.05) is 18.3 Å². The number of hydrazine groups is 1. The first kappa shape index (κ1) is 19.1. The average molecular weight is 380 g/mol. The van der Waals surface area contributed by atoms with Crippen molar-refractivity contribution in [2.24, 2.45) is 5.92 Å². The molecule has 4 atom stereocenters. The Morgan fingerprint density at radius 3 is 2.89 bits per heavy atom. The van der Waals surface area contributed by atoms with Gasteiger partial charge in [0.15, 0.2) is 0 Å². The summed E-state index contributed by atoms with van der Waals surface area (Å²) in [6, 6.07) is 10.2. The van der Waals surface area contributed by atoms with Gasteiger partial charge in [-0.3, -0.25) is 15.2 Å². The van der Waals surface area contributed by atoms with E-state index in [1.165, 1.54) is 11.1 Å². The van der Waals surface area contributed by atoms with E-state index >= 15 is 0 Å². The predicted octanol–water partition coefficient (Wildman–Crippen LogP) is 1.70. The number of aromatic nitrogens is 1. The molecule has 6 nitrogen and oxygen atoms in total. The van der Waals surface area contributed by atoms with Crippen molar-refractivity contribution in [1.29, 1.82) is 0 Å². The van der Waals surface area contributed by atoms with E-state index in [-0.39, 0.29) is 23.9 Å². The molecule has 2 fully saturated rings. The lowest BCUT2D eigenvalue weighted by Gasteiger charge is -2.33. The molecule has 2 aliphatic rings. The number of benzene rings is 1. The molecule has 6 heteroatoms.